The minimum absolute atomic E-state index is 0.0769. The molecule has 4 aromatic rings. The molecule has 0 bridgehead atoms. The third-order valence-corrected chi connectivity index (χ3v) is 4.72. The zero-order valence-corrected chi connectivity index (χ0v) is 16.1. The standard InChI is InChI=1S/C23H20FN3O2/c1-14-5-4-10-25-19(14)11-15(2)26-22(28)16-8-9-21-20(13-16)27-23(29-21)17-6-3-7-18(24)12-17/h3-10,12-13,15H,11H2,1-2H3,(H,26,28). The van der Waals surface area contributed by atoms with Crippen LogP contribution in [0.15, 0.2) is 65.2 Å². The van der Waals surface area contributed by atoms with Crippen LogP contribution in [0, 0.1) is 12.7 Å². The second-order valence-corrected chi connectivity index (χ2v) is 7.06. The molecule has 4 rings (SSSR count). The van der Waals surface area contributed by atoms with Gasteiger partial charge in [-0.25, -0.2) is 9.37 Å². The number of carbonyl (C=O) groups excluding carboxylic acids is 1. The van der Waals surface area contributed by atoms with Gasteiger partial charge in [-0.15, -0.1) is 0 Å². The Balaban J connectivity index is 1.51. The number of fused-ring (bicyclic) bond motifs is 1. The van der Waals surface area contributed by atoms with Crippen LogP contribution >= 0.6 is 0 Å². The van der Waals surface area contributed by atoms with Crippen molar-refractivity contribution < 1.29 is 13.6 Å². The number of nitrogens with one attached hydrogen (secondary N) is 1. The van der Waals surface area contributed by atoms with Crippen LogP contribution in [-0.4, -0.2) is 21.9 Å². The summed E-state index contributed by atoms with van der Waals surface area (Å²) in [6, 6.07) is 14.9. The second kappa shape index (κ2) is 7.83. The average molecular weight is 389 g/mol. The van der Waals surface area contributed by atoms with E-state index in [1.165, 1.54) is 12.1 Å². The summed E-state index contributed by atoms with van der Waals surface area (Å²) in [5, 5.41) is 3.00. The van der Waals surface area contributed by atoms with Crippen LogP contribution < -0.4 is 5.32 Å². The molecule has 0 saturated heterocycles. The van der Waals surface area contributed by atoms with Crippen LogP contribution in [0.3, 0.4) is 0 Å². The number of oxazole rings is 1. The van der Waals surface area contributed by atoms with Crippen molar-refractivity contribution in [1.29, 1.82) is 0 Å². The van der Waals surface area contributed by atoms with E-state index in [2.05, 4.69) is 15.3 Å². The Morgan fingerprint density at radius 3 is 2.83 bits per heavy atom. The lowest BCUT2D eigenvalue weighted by molar-refractivity contribution is 0.0940. The summed E-state index contributed by atoms with van der Waals surface area (Å²) in [5.74, 6) is -0.235. The van der Waals surface area contributed by atoms with E-state index in [-0.39, 0.29) is 17.8 Å². The predicted molar refractivity (Wildman–Crippen MR) is 109 cm³/mol. The first kappa shape index (κ1) is 18.8. The van der Waals surface area contributed by atoms with Gasteiger partial charge in [0.05, 0.1) is 0 Å². The summed E-state index contributed by atoms with van der Waals surface area (Å²) >= 11 is 0. The van der Waals surface area contributed by atoms with Crippen LogP contribution in [0.1, 0.15) is 28.5 Å². The van der Waals surface area contributed by atoms with Crippen molar-refractivity contribution >= 4 is 17.0 Å². The van der Waals surface area contributed by atoms with Gasteiger partial charge in [-0.1, -0.05) is 12.1 Å². The number of benzene rings is 2. The Labute approximate surface area is 167 Å². The molecule has 2 heterocycles. The largest absolute Gasteiger partial charge is 0.436 e. The SMILES string of the molecule is Cc1cccnc1CC(C)NC(=O)c1ccc2oc(-c3cccc(F)c3)nc2c1. The molecule has 0 radical (unpaired) electrons. The zero-order valence-electron chi connectivity index (χ0n) is 16.1. The second-order valence-electron chi connectivity index (χ2n) is 7.06. The molecule has 0 fully saturated rings. The number of pyridine rings is 1. The molecule has 5 nitrogen and oxygen atoms in total. The zero-order chi connectivity index (χ0) is 20.4. The minimum atomic E-state index is -0.359. The van der Waals surface area contributed by atoms with Gasteiger partial charge < -0.3 is 9.73 Å². The van der Waals surface area contributed by atoms with Crippen molar-refractivity contribution in [2.45, 2.75) is 26.3 Å². The number of aryl methyl sites for hydroxylation is 1. The lowest BCUT2D eigenvalue weighted by atomic mass is 10.1. The number of halogens is 1. The summed E-state index contributed by atoms with van der Waals surface area (Å²) in [6.07, 6.45) is 2.40. The van der Waals surface area contributed by atoms with Crippen molar-refractivity contribution in [3.8, 4) is 11.5 Å². The fraction of sp³-hybridized carbons (Fsp3) is 0.174. The molecule has 146 valence electrons. The molecule has 1 amide bonds. The molecule has 0 spiro atoms. The fourth-order valence-corrected chi connectivity index (χ4v) is 3.19. The number of nitrogens with zero attached hydrogens (tertiary/aromatic N) is 2. The Morgan fingerprint density at radius 2 is 2.03 bits per heavy atom. The van der Waals surface area contributed by atoms with E-state index in [0.29, 0.717) is 34.5 Å². The van der Waals surface area contributed by atoms with E-state index in [1.807, 2.05) is 26.0 Å². The third kappa shape index (κ3) is 4.16. The molecule has 0 saturated carbocycles. The molecule has 0 aliphatic carbocycles. The molecule has 2 aromatic carbocycles. The highest BCUT2D eigenvalue weighted by atomic mass is 19.1. The van der Waals surface area contributed by atoms with E-state index < -0.39 is 0 Å². The van der Waals surface area contributed by atoms with Crippen molar-refractivity contribution in [3.63, 3.8) is 0 Å². The van der Waals surface area contributed by atoms with Crippen LogP contribution in [0.5, 0.6) is 0 Å². The predicted octanol–water partition coefficient (Wildman–Crippen LogP) is 4.70. The summed E-state index contributed by atoms with van der Waals surface area (Å²) < 4.78 is 19.2. The number of amides is 1. The molecule has 0 aliphatic rings. The highest BCUT2D eigenvalue weighted by Gasteiger charge is 2.15. The highest BCUT2D eigenvalue weighted by Crippen LogP contribution is 2.25. The van der Waals surface area contributed by atoms with Crippen molar-refractivity contribution in [1.82, 2.24) is 15.3 Å². The molecular weight excluding hydrogens is 369 g/mol. The van der Waals surface area contributed by atoms with E-state index in [0.717, 1.165) is 11.3 Å². The van der Waals surface area contributed by atoms with Gasteiger partial charge in [0, 0.05) is 35.5 Å². The van der Waals surface area contributed by atoms with E-state index in [9.17, 15) is 9.18 Å². The van der Waals surface area contributed by atoms with E-state index >= 15 is 0 Å². The Kier molecular flexibility index (Phi) is 5.08. The Bertz CT molecular complexity index is 1190. The summed E-state index contributed by atoms with van der Waals surface area (Å²) in [7, 11) is 0. The minimum Gasteiger partial charge on any atom is -0.436 e. The van der Waals surface area contributed by atoms with Gasteiger partial charge in [-0.3, -0.25) is 9.78 Å². The van der Waals surface area contributed by atoms with Crippen molar-refractivity contribution in [3.05, 3.63) is 83.4 Å². The van der Waals surface area contributed by atoms with Gasteiger partial charge in [0.25, 0.3) is 5.91 Å². The maximum Gasteiger partial charge on any atom is 0.251 e. The highest BCUT2D eigenvalue weighted by molar-refractivity contribution is 5.97. The number of hydrogen-bond acceptors (Lipinski definition) is 4. The topological polar surface area (TPSA) is 68.0 Å². The molecular formula is C23H20FN3O2. The number of aromatic nitrogens is 2. The lowest BCUT2D eigenvalue weighted by Gasteiger charge is -2.14. The smallest absolute Gasteiger partial charge is 0.251 e. The maximum atomic E-state index is 13.5. The van der Waals surface area contributed by atoms with Crippen LogP contribution in [-0.2, 0) is 6.42 Å². The van der Waals surface area contributed by atoms with Crippen LogP contribution in [0.2, 0.25) is 0 Å². The first-order valence-electron chi connectivity index (χ1n) is 9.37. The lowest BCUT2D eigenvalue weighted by Crippen LogP contribution is -2.34. The normalized spacial score (nSPS) is 12.1. The molecule has 1 unspecified atom stereocenters. The van der Waals surface area contributed by atoms with Gasteiger partial charge in [0.1, 0.15) is 11.3 Å². The monoisotopic (exact) mass is 389 g/mol. The first-order valence-corrected chi connectivity index (χ1v) is 9.37. The van der Waals surface area contributed by atoms with Gasteiger partial charge in [-0.2, -0.15) is 0 Å². The summed E-state index contributed by atoms with van der Waals surface area (Å²) in [6.45, 7) is 3.95. The number of carbonyl (C=O) groups is 1. The van der Waals surface area contributed by atoms with Gasteiger partial charge in [0.2, 0.25) is 5.89 Å². The Hall–Kier alpha value is -3.54. The maximum absolute atomic E-state index is 13.5. The molecule has 0 aliphatic heterocycles. The first-order chi connectivity index (χ1) is 14.0. The fourth-order valence-electron chi connectivity index (χ4n) is 3.19. The van der Waals surface area contributed by atoms with Gasteiger partial charge in [-0.05, 0) is 61.9 Å². The molecule has 6 heteroatoms. The van der Waals surface area contributed by atoms with Crippen molar-refractivity contribution in [2.24, 2.45) is 0 Å². The number of rotatable bonds is 5. The van der Waals surface area contributed by atoms with Crippen LogP contribution in [0.4, 0.5) is 4.39 Å². The van der Waals surface area contributed by atoms with Gasteiger partial charge >= 0.3 is 0 Å². The number of hydrogen-bond donors (Lipinski definition) is 1. The summed E-state index contributed by atoms with van der Waals surface area (Å²) in [5.41, 5.74) is 4.19. The Morgan fingerprint density at radius 1 is 1.17 bits per heavy atom. The quantitative estimate of drug-likeness (QED) is 0.537. The van der Waals surface area contributed by atoms with Gasteiger partial charge in [0.15, 0.2) is 5.58 Å². The molecule has 1 N–H and O–H groups in total. The van der Waals surface area contributed by atoms with Crippen LogP contribution in [0.25, 0.3) is 22.6 Å². The van der Waals surface area contributed by atoms with E-state index in [4.69, 9.17) is 4.42 Å². The average Bonchev–Trinajstić information content (AvgIpc) is 3.13. The molecule has 29 heavy (non-hydrogen) atoms. The third-order valence-electron chi connectivity index (χ3n) is 4.72. The van der Waals surface area contributed by atoms with E-state index in [1.54, 1.807) is 36.5 Å². The molecule has 1 atom stereocenters. The van der Waals surface area contributed by atoms with Crippen molar-refractivity contribution in [2.75, 3.05) is 0 Å². The molecule has 2 aromatic heterocycles. The summed E-state index contributed by atoms with van der Waals surface area (Å²) in [4.78, 5) is 21.4.